The maximum atomic E-state index is 5.95. The van der Waals surface area contributed by atoms with Gasteiger partial charge in [0.15, 0.2) is 0 Å². The molecular weight excluding hydrogens is 260 g/mol. The van der Waals surface area contributed by atoms with Crippen LogP contribution in [0.1, 0.15) is 11.1 Å². The monoisotopic (exact) mass is 274 g/mol. The minimum absolute atomic E-state index is 0.651. The van der Waals surface area contributed by atoms with Crippen LogP contribution in [-0.4, -0.2) is 13.3 Å². The highest BCUT2D eigenvalue weighted by Crippen LogP contribution is 2.21. The van der Waals surface area contributed by atoms with Crippen LogP contribution in [0.5, 0.6) is 5.75 Å². The molecule has 0 bridgehead atoms. The van der Waals surface area contributed by atoms with E-state index >= 15 is 0 Å². The average Bonchev–Trinajstić information content (AvgIpc) is 2.41. The Morgan fingerprint density at radius 3 is 2.58 bits per heavy atom. The van der Waals surface area contributed by atoms with Crippen LogP contribution in [0, 0.1) is 6.92 Å². The second-order valence-corrected chi connectivity index (χ2v) is 4.56. The SMILES string of the molecule is COc1ccc(Cl)cc1/C=N/Nc1ccc(C)cc1. The van der Waals surface area contributed by atoms with Crippen LogP contribution < -0.4 is 10.2 Å². The van der Waals surface area contributed by atoms with Crippen molar-refractivity contribution >= 4 is 23.5 Å². The number of ether oxygens (including phenoxy) is 1. The maximum absolute atomic E-state index is 5.95. The van der Waals surface area contributed by atoms with Crippen LogP contribution >= 0.6 is 11.6 Å². The van der Waals surface area contributed by atoms with Crippen molar-refractivity contribution in [3.05, 3.63) is 58.6 Å². The number of hydrogen-bond acceptors (Lipinski definition) is 3. The number of nitrogens with zero attached hydrogens (tertiary/aromatic N) is 1. The van der Waals surface area contributed by atoms with Gasteiger partial charge in [0.25, 0.3) is 0 Å². The van der Waals surface area contributed by atoms with Crippen molar-refractivity contribution in [2.75, 3.05) is 12.5 Å². The zero-order valence-electron chi connectivity index (χ0n) is 10.9. The van der Waals surface area contributed by atoms with Gasteiger partial charge in [-0.1, -0.05) is 29.3 Å². The van der Waals surface area contributed by atoms with Gasteiger partial charge in [0.05, 0.1) is 19.0 Å². The Kier molecular flexibility index (Phi) is 4.42. The number of halogens is 1. The zero-order chi connectivity index (χ0) is 13.7. The molecule has 4 heteroatoms. The van der Waals surface area contributed by atoms with Gasteiger partial charge in [0.1, 0.15) is 5.75 Å². The molecule has 0 aliphatic heterocycles. The topological polar surface area (TPSA) is 33.6 Å². The summed E-state index contributed by atoms with van der Waals surface area (Å²) in [7, 11) is 1.62. The van der Waals surface area contributed by atoms with E-state index in [2.05, 4.69) is 10.5 Å². The molecule has 2 rings (SSSR count). The van der Waals surface area contributed by atoms with Crippen molar-refractivity contribution < 1.29 is 4.74 Å². The van der Waals surface area contributed by atoms with Gasteiger partial charge in [0, 0.05) is 10.6 Å². The minimum Gasteiger partial charge on any atom is -0.496 e. The summed E-state index contributed by atoms with van der Waals surface area (Å²) in [5.41, 5.74) is 5.94. The molecule has 0 aromatic heterocycles. The quantitative estimate of drug-likeness (QED) is 0.673. The Labute approximate surface area is 117 Å². The highest BCUT2D eigenvalue weighted by atomic mass is 35.5. The number of anilines is 1. The molecule has 0 unspecified atom stereocenters. The standard InChI is InChI=1S/C15H15ClN2O/c1-11-3-6-14(7-4-11)18-17-10-12-9-13(16)5-8-15(12)19-2/h3-10,18H,1-2H3/b17-10+. The molecule has 98 valence electrons. The third kappa shape index (κ3) is 3.73. The zero-order valence-corrected chi connectivity index (χ0v) is 11.6. The Morgan fingerprint density at radius 2 is 1.89 bits per heavy atom. The lowest BCUT2D eigenvalue weighted by Crippen LogP contribution is -1.94. The molecule has 0 heterocycles. The van der Waals surface area contributed by atoms with Gasteiger partial charge in [0.2, 0.25) is 0 Å². The number of benzene rings is 2. The molecule has 2 aromatic carbocycles. The molecule has 0 atom stereocenters. The van der Waals surface area contributed by atoms with Crippen LogP contribution in [0.4, 0.5) is 5.69 Å². The number of hydrogen-bond donors (Lipinski definition) is 1. The summed E-state index contributed by atoms with van der Waals surface area (Å²) in [5, 5.41) is 4.83. The maximum Gasteiger partial charge on any atom is 0.127 e. The first-order valence-corrected chi connectivity index (χ1v) is 6.26. The molecule has 0 saturated heterocycles. The predicted molar refractivity (Wildman–Crippen MR) is 80.4 cm³/mol. The number of methoxy groups -OCH3 is 1. The molecule has 19 heavy (non-hydrogen) atoms. The number of nitrogens with one attached hydrogen (secondary N) is 1. The van der Waals surface area contributed by atoms with Crippen molar-refractivity contribution in [1.82, 2.24) is 0 Å². The van der Waals surface area contributed by atoms with Crippen LogP contribution in [0.25, 0.3) is 0 Å². The summed E-state index contributed by atoms with van der Waals surface area (Å²) in [5.74, 6) is 0.735. The van der Waals surface area contributed by atoms with Crippen LogP contribution in [0.3, 0.4) is 0 Å². The fourth-order valence-electron chi connectivity index (χ4n) is 1.61. The van der Waals surface area contributed by atoms with Gasteiger partial charge < -0.3 is 4.74 Å². The van der Waals surface area contributed by atoms with Gasteiger partial charge >= 0.3 is 0 Å². The molecule has 0 spiro atoms. The Bertz CT molecular complexity index is 579. The molecular formula is C15H15ClN2O. The number of hydrazone groups is 1. The summed E-state index contributed by atoms with van der Waals surface area (Å²) in [6.45, 7) is 2.05. The van der Waals surface area contributed by atoms with E-state index in [1.807, 2.05) is 37.3 Å². The van der Waals surface area contributed by atoms with E-state index in [1.165, 1.54) is 5.56 Å². The molecule has 0 aliphatic rings. The lowest BCUT2D eigenvalue weighted by molar-refractivity contribution is 0.414. The van der Waals surface area contributed by atoms with Gasteiger partial charge in [-0.15, -0.1) is 0 Å². The second-order valence-electron chi connectivity index (χ2n) is 4.12. The van der Waals surface area contributed by atoms with E-state index in [9.17, 15) is 0 Å². The molecule has 0 radical (unpaired) electrons. The number of aryl methyl sites for hydroxylation is 1. The first kappa shape index (κ1) is 13.4. The first-order chi connectivity index (χ1) is 9.19. The summed E-state index contributed by atoms with van der Waals surface area (Å²) < 4.78 is 5.24. The first-order valence-electron chi connectivity index (χ1n) is 5.88. The van der Waals surface area contributed by atoms with E-state index in [0.29, 0.717) is 5.02 Å². The molecule has 0 saturated carbocycles. The third-order valence-electron chi connectivity index (χ3n) is 2.64. The average molecular weight is 275 g/mol. The highest BCUT2D eigenvalue weighted by molar-refractivity contribution is 6.30. The van der Waals surface area contributed by atoms with Crippen molar-refractivity contribution in [3.63, 3.8) is 0 Å². The summed E-state index contributed by atoms with van der Waals surface area (Å²) in [6.07, 6.45) is 1.69. The molecule has 3 nitrogen and oxygen atoms in total. The van der Waals surface area contributed by atoms with Crippen molar-refractivity contribution in [1.29, 1.82) is 0 Å². The number of rotatable bonds is 4. The van der Waals surface area contributed by atoms with E-state index in [4.69, 9.17) is 16.3 Å². The second kappa shape index (κ2) is 6.25. The molecule has 0 aliphatic carbocycles. The molecule has 0 amide bonds. The van der Waals surface area contributed by atoms with Crippen molar-refractivity contribution in [2.45, 2.75) is 6.92 Å². The fraction of sp³-hybridized carbons (Fsp3) is 0.133. The van der Waals surface area contributed by atoms with E-state index in [-0.39, 0.29) is 0 Å². The Balaban J connectivity index is 2.10. The van der Waals surface area contributed by atoms with Crippen molar-refractivity contribution in [3.8, 4) is 5.75 Å². The molecule has 0 fully saturated rings. The summed E-state index contributed by atoms with van der Waals surface area (Å²) in [6, 6.07) is 13.4. The van der Waals surface area contributed by atoms with Crippen LogP contribution in [0.15, 0.2) is 47.6 Å². The minimum atomic E-state index is 0.651. The largest absolute Gasteiger partial charge is 0.496 e. The normalized spacial score (nSPS) is 10.7. The van der Waals surface area contributed by atoms with E-state index in [1.54, 1.807) is 25.5 Å². The van der Waals surface area contributed by atoms with Gasteiger partial charge in [-0.05, 0) is 37.3 Å². The Morgan fingerprint density at radius 1 is 1.16 bits per heavy atom. The predicted octanol–water partition coefficient (Wildman–Crippen LogP) is 4.10. The van der Waals surface area contributed by atoms with Crippen LogP contribution in [0.2, 0.25) is 5.02 Å². The van der Waals surface area contributed by atoms with Gasteiger partial charge in [-0.2, -0.15) is 5.10 Å². The summed E-state index contributed by atoms with van der Waals surface area (Å²) in [4.78, 5) is 0. The lowest BCUT2D eigenvalue weighted by atomic mass is 10.2. The third-order valence-corrected chi connectivity index (χ3v) is 2.88. The lowest BCUT2D eigenvalue weighted by Gasteiger charge is -2.05. The van der Waals surface area contributed by atoms with E-state index < -0.39 is 0 Å². The molecule has 1 N–H and O–H groups in total. The van der Waals surface area contributed by atoms with Gasteiger partial charge in [-0.25, -0.2) is 0 Å². The fourth-order valence-corrected chi connectivity index (χ4v) is 1.79. The summed E-state index contributed by atoms with van der Waals surface area (Å²) >= 11 is 5.95. The Hall–Kier alpha value is -2.00. The smallest absolute Gasteiger partial charge is 0.127 e. The van der Waals surface area contributed by atoms with E-state index in [0.717, 1.165) is 17.0 Å². The highest BCUT2D eigenvalue weighted by Gasteiger charge is 2.00. The van der Waals surface area contributed by atoms with Crippen LogP contribution in [-0.2, 0) is 0 Å². The van der Waals surface area contributed by atoms with Crippen molar-refractivity contribution in [2.24, 2.45) is 5.10 Å². The van der Waals surface area contributed by atoms with Gasteiger partial charge in [-0.3, -0.25) is 5.43 Å². The molecule has 2 aromatic rings.